The Morgan fingerprint density at radius 1 is 1.50 bits per heavy atom. The van der Waals surface area contributed by atoms with Crippen LogP contribution in [-0.2, 0) is 14.8 Å². The highest BCUT2D eigenvalue weighted by Gasteiger charge is 2.08. The number of carbonyl (C=O) groups excluding carboxylic acids is 1. The number of hydrogen-bond acceptors (Lipinski definition) is 3. The number of carbonyl (C=O) groups is 1. The molecule has 0 heterocycles. The predicted molar refractivity (Wildman–Crippen MR) is 47.0 cm³/mol. The van der Waals surface area contributed by atoms with Gasteiger partial charge in [-0.25, -0.2) is 13.1 Å². The van der Waals surface area contributed by atoms with Gasteiger partial charge in [0, 0.05) is 5.57 Å². The minimum absolute atomic E-state index is 0.419. The van der Waals surface area contributed by atoms with Gasteiger partial charge in [0.05, 0.1) is 6.26 Å². The lowest BCUT2D eigenvalue weighted by Gasteiger charge is -2.01. The van der Waals surface area contributed by atoms with Crippen molar-refractivity contribution < 1.29 is 13.2 Å². The van der Waals surface area contributed by atoms with E-state index in [0.717, 1.165) is 6.26 Å². The van der Waals surface area contributed by atoms with Gasteiger partial charge in [0.15, 0.2) is 0 Å². The minimum Gasteiger partial charge on any atom is -0.269 e. The molecule has 5 heteroatoms. The van der Waals surface area contributed by atoms with Gasteiger partial charge in [-0.3, -0.25) is 4.79 Å². The maximum atomic E-state index is 11.0. The second kappa shape index (κ2) is 4.25. The molecular weight excluding hydrogens is 178 g/mol. The molecule has 0 rings (SSSR count). The zero-order valence-corrected chi connectivity index (χ0v) is 8.23. The minimum atomic E-state index is -3.43. The molecule has 0 atom stereocenters. The van der Waals surface area contributed by atoms with E-state index in [0.29, 0.717) is 12.0 Å². The zero-order chi connectivity index (χ0) is 9.78. The molecule has 70 valence electrons. The Balaban J connectivity index is 4.35. The van der Waals surface area contributed by atoms with Crippen molar-refractivity contribution in [2.75, 3.05) is 6.26 Å². The Bertz CT molecular complexity index is 290. The summed E-state index contributed by atoms with van der Waals surface area (Å²) < 4.78 is 23.1. The molecule has 0 spiro atoms. The first-order valence-corrected chi connectivity index (χ1v) is 5.45. The summed E-state index contributed by atoms with van der Waals surface area (Å²) in [5.41, 5.74) is 0.419. The van der Waals surface area contributed by atoms with Crippen molar-refractivity contribution >= 4 is 15.9 Å². The predicted octanol–water partition coefficient (Wildman–Crippen LogP) is 0.418. The van der Waals surface area contributed by atoms with E-state index in [9.17, 15) is 13.2 Å². The van der Waals surface area contributed by atoms with Crippen LogP contribution in [0, 0.1) is 0 Å². The molecule has 4 nitrogen and oxygen atoms in total. The van der Waals surface area contributed by atoms with Gasteiger partial charge >= 0.3 is 0 Å². The molecule has 0 aromatic carbocycles. The summed E-state index contributed by atoms with van der Waals surface area (Å²) in [7, 11) is -3.43. The molecule has 0 unspecified atom stereocenters. The Kier molecular flexibility index (Phi) is 3.95. The lowest BCUT2D eigenvalue weighted by molar-refractivity contribution is -0.115. The number of amides is 1. The fraction of sp³-hybridized carbons (Fsp3) is 0.571. The molecule has 1 amide bonds. The van der Waals surface area contributed by atoms with Crippen molar-refractivity contribution in [1.29, 1.82) is 0 Å². The Labute approximate surface area is 72.7 Å². The van der Waals surface area contributed by atoms with E-state index in [1.807, 2.05) is 11.6 Å². The SMILES string of the molecule is CC/C=C(/C)C(=O)NS(C)(=O)=O. The van der Waals surface area contributed by atoms with E-state index in [1.54, 1.807) is 13.0 Å². The summed E-state index contributed by atoms with van der Waals surface area (Å²) in [5, 5.41) is 0. The zero-order valence-electron chi connectivity index (χ0n) is 7.42. The molecular formula is C7H13NO3S. The molecule has 0 aromatic rings. The molecule has 0 bridgehead atoms. The first kappa shape index (κ1) is 11.2. The van der Waals surface area contributed by atoms with Gasteiger partial charge in [0.1, 0.15) is 0 Å². The second-order valence-electron chi connectivity index (χ2n) is 2.50. The van der Waals surface area contributed by atoms with Crippen molar-refractivity contribution in [1.82, 2.24) is 4.72 Å². The van der Waals surface area contributed by atoms with Crippen molar-refractivity contribution in [2.45, 2.75) is 20.3 Å². The van der Waals surface area contributed by atoms with E-state index in [2.05, 4.69) is 0 Å². The summed E-state index contributed by atoms with van der Waals surface area (Å²) >= 11 is 0. The van der Waals surface area contributed by atoms with Crippen LogP contribution in [0.3, 0.4) is 0 Å². The van der Waals surface area contributed by atoms with Crippen molar-refractivity contribution in [3.8, 4) is 0 Å². The number of sulfonamides is 1. The smallest absolute Gasteiger partial charge is 0.260 e. The number of rotatable bonds is 3. The fourth-order valence-corrected chi connectivity index (χ4v) is 1.15. The first-order valence-electron chi connectivity index (χ1n) is 3.55. The van der Waals surface area contributed by atoms with Crippen LogP contribution in [0.15, 0.2) is 11.6 Å². The topological polar surface area (TPSA) is 63.2 Å². The summed E-state index contributed by atoms with van der Waals surface area (Å²) in [4.78, 5) is 11.0. The monoisotopic (exact) mass is 191 g/mol. The molecule has 0 aliphatic heterocycles. The third kappa shape index (κ3) is 4.90. The Morgan fingerprint density at radius 2 is 2.00 bits per heavy atom. The third-order valence-corrected chi connectivity index (χ3v) is 1.70. The maximum absolute atomic E-state index is 11.0. The van der Waals surface area contributed by atoms with Gasteiger partial charge in [-0.15, -0.1) is 0 Å². The van der Waals surface area contributed by atoms with E-state index in [1.165, 1.54) is 0 Å². The summed E-state index contributed by atoms with van der Waals surface area (Å²) in [6.07, 6.45) is 3.33. The molecule has 0 radical (unpaired) electrons. The normalized spacial score (nSPS) is 12.8. The van der Waals surface area contributed by atoms with Crippen molar-refractivity contribution in [2.24, 2.45) is 0 Å². The highest BCUT2D eigenvalue weighted by Crippen LogP contribution is 1.95. The lowest BCUT2D eigenvalue weighted by Crippen LogP contribution is -2.29. The van der Waals surface area contributed by atoms with Gasteiger partial charge in [0.2, 0.25) is 10.0 Å². The van der Waals surface area contributed by atoms with E-state index in [-0.39, 0.29) is 0 Å². The van der Waals surface area contributed by atoms with Crippen LogP contribution >= 0.6 is 0 Å². The summed E-state index contributed by atoms with van der Waals surface area (Å²) in [5.74, 6) is -0.556. The van der Waals surface area contributed by atoms with Crippen molar-refractivity contribution in [3.05, 3.63) is 11.6 Å². The molecule has 12 heavy (non-hydrogen) atoms. The van der Waals surface area contributed by atoms with Crippen LogP contribution in [0.2, 0.25) is 0 Å². The molecule has 0 aliphatic rings. The average Bonchev–Trinajstić information content (AvgIpc) is 1.84. The highest BCUT2D eigenvalue weighted by atomic mass is 32.2. The average molecular weight is 191 g/mol. The van der Waals surface area contributed by atoms with Crippen LogP contribution < -0.4 is 4.72 Å². The molecule has 0 fully saturated rings. The van der Waals surface area contributed by atoms with E-state index >= 15 is 0 Å². The number of nitrogens with one attached hydrogen (secondary N) is 1. The highest BCUT2D eigenvalue weighted by molar-refractivity contribution is 7.89. The lowest BCUT2D eigenvalue weighted by atomic mass is 10.2. The largest absolute Gasteiger partial charge is 0.269 e. The molecule has 0 aromatic heterocycles. The van der Waals surface area contributed by atoms with Gasteiger partial charge in [-0.1, -0.05) is 13.0 Å². The fourth-order valence-electron chi connectivity index (χ4n) is 0.648. The summed E-state index contributed by atoms with van der Waals surface area (Å²) in [6.45, 7) is 3.45. The second-order valence-corrected chi connectivity index (χ2v) is 4.25. The van der Waals surface area contributed by atoms with Gasteiger partial charge in [0.25, 0.3) is 5.91 Å². The van der Waals surface area contributed by atoms with Gasteiger partial charge < -0.3 is 0 Å². The molecule has 0 aliphatic carbocycles. The number of hydrogen-bond donors (Lipinski definition) is 1. The van der Waals surface area contributed by atoms with E-state index < -0.39 is 15.9 Å². The van der Waals surface area contributed by atoms with Crippen molar-refractivity contribution in [3.63, 3.8) is 0 Å². The summed E-state index contributed by atoms with van der Waals surface area (Å²) in [6, 6.07) is 0. The molecule has 1 N–H and O–H groups in total. The van der Waals surface area contributed by atoms with Gasteiger partial charge in [-0.2, -0.15) is 0 Å². The third-order valence-electron chi connectivity index (χ3n) is 1.15. The van der Waals surface area contributed by atoms with Crippen LogP contribution in [0.4, 0.5) is 0 Å². The van der Waals surface area contributed by atoms with E-state index in [4.69, 9.17) is 0 Å². The maximum Gasteiger partial charge on any atom is 0.260 e. The molecule has 0 saturated carbocycles. The van der Waals surface area contributed by atoms with Crippen LogP contribution in [0.25, 0.3) is 0 Å². The van der Waals surface area contributed by atoms with Crippen LogP contribution in [-0.4, -0.2) is 20.6 Å². The van der Waals surface area contributed by atoms with Crippen LogP contribution in [0.5, 0.6) is 0 Å². The molecule has 0 saturated heterocycles. The van der Waals surface area contributed by atoms with Gasteiger partial charge in [-0.05, 0) is 13.3 Å². The quantitative estimate of drug-likeness (QED) is 0.657. The first-order chi connectivity index (χ1) is 5.37. The standard InChI is InChI=1S/C7H13NO3S/c1-4-5-6(2)7(9)8-12(3,10)11/h5H,4H2,1-3H3,(H,8,9)/b6-5-. The van der Waals surface area contributed by atoms with Crippen LogP contribution in [0.1, 0.15) is 20.3 Å². The Morgan fingerprint density at radius 3 is 2.33 bits per heavy atom. The Hall–Kier alpha value is -0.840. The number of allylic oxidation sites excluding steroid dienone is 1.